The highest BCUT2D eigenvalue weighted by atomic mass is 32.2. The predicted molar refractivity (Wildman–Crippen MR) is 129 cm³/mol. The SMILES string of the molecule is COc1ccccc1C(=O)N1CCC2(CC1)SCCN2C(=O)c1ccc(C(C)(C)C)cc1. The number of benzene rings is 2. The average Bonchev–Trinajstić information content (AvgIpc) is 3.21. The Kier molecular flexibility index (Phi) is 6.26. The summed E-state index contributed by atoms with van der Waals surface area (Å²) < 4.78 is 5.37. The first kappa shape index (κ1) is 22.7. The first-order chi connectivity index (χ1) is 15.2. The Balaban J connectivity index is 1.47. The van der Waals surface area contributed by atoms with Crippen LogP contribution in [0.25, 0.3) is 0 Å². The molecule has 0 aliphatic carbocycles. The maximum Gasteiger partial charge on any atom is 0.257 e. The standard InChI is InChI=1S/C26H32N2O3S/c1-25(2,3)20-11-9-19(10-12-20)23(29)28-17-18-32-26(28)13-15-27(16-14-26)24(30)21-7-5-6-8-22(21)31-4/h5-12H,13-18H2,1-4H3. The number of rotatable bonds is 3. The van der Waals surface area contributed by atoms with Crippen LogP contribution in [0.5, 0.6) is 5.75 Å². The molecule has 2 aliphatic heterocycles. The van der Waals surface area contributed by atoms with Crippen LogP contribution in [0.15, 0.2) is 48.5 Å². The fourth-order valence-electron chi connectivity index (χ4n) is 4.63. The molecule has 0 unspecified atom stereocenters. The van der Waals surface area contributed by atoms with Crippen LogP contribution in [0, 0.1) is 0 Å². The van der Waals surface area contributed by atoms with Crippen molar-refractivity contribution in [2.45, 2.75) is 43.9 Å². The molecule has 2 heterocycles. The molecule has 5 nitrogen and oxygen atoms in total. The molecule has 0 aromatic heterocycles. The van der Waals surface area contributed by atoms with Gasteiger partial charge in [-0.1, -0.05) is 45.0 Å². The van der Waals surface area contributed by atoms with Crippen LogP contribution < -0.4 is 4.74 Å². The highest BCUT2D eigenvalue weighted by molar-refractivity contribution is 8.00. The van der Waals surface area contributed by atoms with Gasteiger partial charge in [-0.15, -0.1) is 11.8 Å². The van der Waals surface area contributed by atoms with Crippen molar-refractivity contribution in [3.8, 4) is 5.75 Å². The summed E-state index contributed by atoms with van der Waals surface area (Å²) in [6.07, 6.45) is 1.56. The lowest BCUT2D eigenvalue weighted by Crippen LogP contribution is -2.53. The molecule has 0 bridgehead atoms. The molecule has 2 aromatic carbocycles. The Hall–Kier alpha value is -2.47. The largest absolute Gasteiger partial charge is 0.496 e. The van der Waals surface area contributed by atoms with Gasteiger partial charge in [-0.05, 0) is 48.1 Å². The van der Waals surface area contributed by atoms with Crippen molar-refractivity contribution in [1.82, 2.24) is 9.80 Å². The fraction of sp³-hybridized carbons (Fsp3) is 0.462. The van der Waals surface area contributed by atoms with Crippen LogP contribution in [0.3, 0.4) is 0 Å². The van der Waals surface area contributed by atoms with Crippen molar-refractivity contribution in [1.29, 1.82) is 0 Å². The van der Waals surface area contributed by atoms with E-state index in [4.69, 9.17) is 4.74 Å². The smallest absolute Gasteiger partial charge is 0.257 e. The van der Waals surface area contributed by atoms with Crippen molar-refractivity contribution >= 4 is 23.6 Å². The van der Waals surface area contributed by atoms with Gasteiger partial charge in [-0.3, -0.25) is 9.59 Å². The fourth-order valence-corrected chi connectivity index (χ4v) is 6.08. The molecule has 0 saturated carbocycles. The lowest BCUT2D eigenvalue weighted by Gasteiger charge is -2.44. The molecule has 0 N–H and O–H groups in total. The van der Waals surface area contributed by atoms with Crippen LogP contribution in [-0.4, -0.2) is 59.0 Å². The average molecular weight is 453 g/mol. The second-order valence-corrected chi connectivity index (χ2v) is 11.0. The van der Waals surface area contributed by atoms with Crippen molar-refractivity contribution in [3.05, 3.63) is 65.2 Å². The van der Waals surface area contributed by atoms with E-state index in [0.717, 1.165) is 30.7 Å². The first-order valence-electron chi connectivity index (χ1n) is 11.2. The maximum absolute atomic E-state index is 13.4. The van der Waals surface area contributed by atoms with E-state index in [0.29, 0.717) is 24.4 Å². The quantitative estimate of drug-likeness (QED) is 0.670. The Morgan fingerprint density at radius 1 is 0.938 bits per heavy atom. The summed E-state index contributed by atoms with van der Waals surface area (Å²) in [6.45, 7) is 8.56. The third-order valence-corrected chi connectivity index (χ3v) is 8.14. The maximum atomic E-state index is 13.4. The van der Waals surface area contributed by atoms with Crippen LogP contribution >= 0.6 is 11.8 Å². The molecule has 0 radical (unpaired) electrons. The number of carbonyl (C=O) groups is 2. The minimum atomic E-state index is -0.225. The van der Waals surface area contributed by atoms with E-state index in [2.05, 4.69) is 37.8 Å². The lowest BCUT2D eigenvalue weighted by atomic mass is 9.86. The zero-order valence-electron chi connectivity index (χ0n) is 19.4. The Bertz CT molecular complexity index is 989. The minimum Gasteiger partial charge on any atom is -0.496 e. The van der Waals surface area contributed by atoms with E-state index in [1.165, 1.54) is 5.56 Å². The van der Waals surface area contributed by atoms with Gasteiger partial charge in [-0.2, -0.15) is 0 Å². The molecule has 2 fully saturated rings. The highest BCUT2D eigenvalue weighted by Crippen LogP contribution is 2.45. The summed E-state index contributed by atoms with van der Waals surface area (Å²) >= 11 is 1.86. The second kappa shape index (κ2) is 8.81. The van der Waals surface area contributed by atoms with Crippen LogP contribution in [0.4, 0.5) is 0 Å². The Morgan fingerprint density at radius 3 is 2.22 bits per heavy atom. The number of hydrogen-bond donors (Lipinski definition) is 0. The summed E-state index contributed by atoms with van der Waals surface area (Å²) in [6, 6.07) is 15.4. The van der Waals surface area contributed by atoms with Crippen molar-refractivity contribution in [2.75, 3.05) is 32.5 Å². The third kappa shape index (κ3) is 4.25. The van der Waals surface area contributed by atoms with Crippen LogP contribution in [0.1, 0.15) is 59.9 Å². The monoisotopic (exact) mass is 452 g/mol. The molecule has 32 heavy (non-hydrogen) atoms. The molecule has 0 atom stereocenters. The first-order valence-corrected chi connectivity index (χ1v) is 12.2. The third-order valence-electron chi connectivity index (χ3n) is 6.59. The van der Waals surface area contributed by atoms with Crippen molar-refractivity contribution in [3.63, 3.8) is 0 Å². The minimum absolute atomic E-state index is 0.00376. The number of likely N-dealkylation sites (tertiary alicyclic amines) is 1. The molecule has 1 spiro atoms. The van der Waals surface area contributed by atoms with E-state index >= 15 is 0 Å². The zero-order valence-corrected chi connectivity index (χ0v) is 20.2. The summed E-state index contributed by atoms with van der Waals surface area (Å²) in [5.74, 6) is 1.63. The molecular weight excluding hydrogens is 420 g/mol. The van der Waals surface area contributed by atoms with Gasteiger partial charge in [0.2, 0.25) is 0 Å². The van der Waals surface area contributed by atoms with Gasteiger partial charge < -0.3 is 14.5 Å². The molecule has 4 rings (SSSR count). The molecule has 6 heteroatoms. The van der Waals surface area contributed by atoms with Gasteiger partial charge in [0.25, 0.3) is 11.8 Å². The number of ether oxygens (including phenoxy) is 1. The number of carbonyl (C=O) groups excluding carboxylic acids is 2. The van der Waals surface area contributed by atoms with Gasteiger partial charge in [0, 0.05) is 31.0 Å². The molecule has 2 aromatic rings. The second-order valence-electron chi connectivity index (χ2n) is 9.57. The number of para-hydroxylation sites is 1. The molecule has 2 aliphatic rings. The van der Waals surface area contributed by atoms with Crippen molar-refractivity contribution < 1.29 is 14.3 Å². The molecule has 2 amide bonds. The number of nitrogens with zero attached hydrogens (tertiary/aromatic N) is 2. The van der Waals surface area contributed by atoms with Crippen molar-refractivity contribution in [2.24, 2.45) is 0 Å². The van der Waals surface area contributed by atoms with E-state index < -0.39 is 0 Å². The summed E-state index contributed by atoms with van der Waals surface area (Å²) in [5.41, 5.74) is 2.62. The molecule has 2 saturated heterocycles. The Labute approximate surface area is 195 Å². The van der Waals surface area contributed by atoms with E-state index in [1.807, 2.05) is 53.1 Å². The number of hydrogen-bond acceptors (Lipinski definition) is 4. The van der Waals surface area contributed by atoms with Gasteiger partial charge >= 0.3 is 0 Å². The number of amides is 2. The van der Waals surface area contributed by atoms with Gasteiger partial charge in [0.05, 0.1) is 17.5 Å². The summed E-state index contributed by atoms with van der Waals surface area (Å²) in [7, 11) is 1.59. The predicted octanol–water partition coefficient (Wildman–Crippen LogP) is 4.81. The van der Waals surface area contributed by atoms with Crippen LogP contribution in [-0.2, 0) is 5.41 Å². The molecule has 170 valence electrons. The van der Waals surface area contributed by atoms with Gasteiger partial charge in [-0.25, -0.2) is 0 Å². The van der Waals surface area contributed by atoms with Crippen LogP contribution in [0.2, 0.25) is 0 Å². The zero-order chi connectivity index (χ0) is 22.9. The summed E-state index contributed by atoms with van der Waals surface area (Å²) in [4.78, 5) is 30.2. The lowest BCUT2D eigenvalue weighted by molar-refractivity contribution is 0.0496. The topological polar surface area (TPSA) is 49.9 Å². The van der Waals surface area contributed by atoms with Gasteiger partial charge in [0.1, 0.15) is 5.75 Å². The normalized spacial score (nSPS) is 18.1. The number of piperidine rings is 1. The van der Waals surface area contributed by atoms with E-state index in [1.54, 1.807) is 7.11 Å². The van der Waals surface area contributed by atoms with E-state index in [-0.39, 0.29) is 22.1 Å². The number of thioether (sulfide) groups is 1. The van der Waals surface area contributed by atoms with E-state index in [9.17, 15) is 9.59 Å². The Morgan fingerprint density at radius 2 is 1.59 bits per heavy atom. The molecular formula is C26H32N2O3S. The number of methoxy groups -OCH3 is 1. The van der Waals surface area contributed by atoms with Gasteiger partial charge in [0.15, 0.2) is 0 Å². The summed E-state index contributed by atoms with van der Waals surface area (Å²) in [5, 5.41) is 0. The highest BCUT2D eigenvalue weighted by Gasteiger charge is 2.47.